The summed E-state index contributed by atoms with van der Waals surface area (Å²) in [4.78, 5) is 11.5. The van der Waals surface area contributed by atoms with E-state index in [0.717, 1.165) is 5.56 Å². The highest BCUT2D eigenvalue weighted by Crippen LogP contribution is 2.29. The van der Waals surface area contributed by atoms with E-state index < -0.39 is 5.97 Å². The monoisotopic (exact) mass is 350 g/mol. The molecule has 0 saturated heterocycles. The lowest BCUT2D eigenvalue weighted by molar-refractivity contribution is -0.130. The molecule has 0 aromatic heterocycles. The molecule has 0 radical (unpaired) electrons. The molecule has 124 valence electrons. The van der Waals surface area contributed by atoms with E-state index in [1.165, 1.54) is 0 Å². The Hall–Kier alpha value is -3.04. The Morgan fingerprint density at radius 3 is 2.16 bits per heavy atom. The van der Waals surface area contributed by atoms with Crippen molar-refractivity contribution in [1.29, 1.82) is 0 Å². The van der Waals surface area contributed by atoms with Crippen molar-refractivity contribution < 1.29 is 14.6 Å². The minimum atomic E-state index is -0.970. The molecule has 3 aromatic rings. The highest BCUT2D eigenvalue weighted by molar-refractivity contribution is 6.32. The predicted octanol–water partition coefficient (Wildman–Crippen LogP) is 5.76. The van der Waals surface area contributed by atoms with Gasteiger partial charge in [0, 0.05) is 0 Å². The molecule has 0 aliphatic rings. The number of carboxylic acid groups (broad SMARTS) is 1. The Kier molecular flexibility index (Phi) is 5.17. The first-order valence-electron chi connectivity index (χ1n) is 7.66. The second kappa shape index (κ2) is 7.69. The zero-order valence-electron chi connectivity index (χ0n) is 13.2. The van der Waals surface area contributed by atoms with Gasteiger partial charge in [-0.15, -0.1) is 0 Å². The fourth-order valence-corrected chi connectivity index (χ4v) is 2.51. The molecule has 0 atom stereocenters. The summed E-state index contributed by atoms with van der Waals surface area (Å²) in [6.45, 7) is 0. The van der Waals surface area contributed by atoms with Crippen LogP contribution in [0.4, 0.5) is 0 Å². The number of ether oxygens (including phenoxy) is 1. The summed E-state index contributed by atoms with van der Waals surface area (Å²) < 4.78 is 5.73. The third kappa shape index (κ3) is 4.28. The van der Waals surface area contributed by atoms with E-state index >= 15 is 0 Å². The van der Waals surface area contributed by atoms with Crippen LogP contribution < -0.4 is 4.74 Å². The summed E-state index contributed by atoms with van der Waals surface area (Å²) in [5.41, 5.74) is 1.67. The number of para-hydroxylation sites is 1. The van der Waals surface area contributed by atoms with E-state index in [1.807, 2.05) is 30.3 Å². The first-order valence-corrected chi connectivity index (χ1v) is 8.04. The molecule has 3 rings (SSSR count). The summed E-state index contributed by atoms with van der Waals surface area (Å²) in [5, 5.41) is 9.99. The summed E-state index contributed by atoms with van der Waals surface area (Å²) in [6, 6.07) is 23.4. The number of carboxylic acids is 1. The zero-order chi connectivity index (χ0) is 17.6. The van der Waals surface area contributed by atoms with Gasteiger partial charge in [-0.3, -0.25) is 0 Å². The zero-order valence-corrected chi connectivity index (χ0v) is 14.0. The lowest BCUT2D eigenvalue weighted by Crippen LogP contribution is -1.99. The third-order valence-electron chi connectivity index (χ3n) is 3.57. The molecule has 0 spiro atoms. The normalized spacial score (nSPS) is 11.2. The van der Waals surface area contributed by atoms with Crippen LogP contribution in [0.5, 0.6) is 11.5 Å². The average molecular weight is 351 g/mol. The number of rotatable bonds is 5. The minimum absolute atomic E-state index is 0.236. The smallest absolute Gasteiger partial charge is 0.336 e. The molecule has 0 heterocycles. The second-order valence-electron chi connectivity index (χ2n) is 5.33. The number of benzene rings is 3. The van der Waals surface area contributed by atoms with Crippen LogP contribution in [0.3, 0.4) is 0 Å². The number of carbonyl (C=O) groups is 1. The summed E-state index contributed by atoms with van der Waals surface area (Å²) in [6.07, 6.45) is 1.64. The molecule has 0 bridgehead atoms. The fraction of sp³-hybridized carbons (Fsp3) is 0. The standard InChI is InChI=1S/C21H15ClO3/c22-19-8-4-5-9-20(19)25-17-12-10-15(11-13-17)14-18(21(23)24)16-6-2-1-3-7-16/h1-14H,(H,23,24)/b18-14+. The molecule has 0 fully saturated rings. The Morgan fingerprint density at radius 2 is 1.52 bits per heavy atom. The van der Waals surface area contributed by atoms with Crippen molar-refractivity contribution in [2.24, 2.45) is 0 Å². The van der Waals surface area contributed by atoms with Crippen LogP contribution in [0.1, 0.15) is 11.1 Å². The van der Waals surface area contributed by atoms with Crippen molar-refractivity contribution in [3.63, 3.8) is 0 Å². The molecular formula is C21H15ClO3. The van der Waals surface area contributed by atoms with Crippen molar-refractivity contribution in [3.8, 4) is 11.5 Å². The van der Waals surface area contributed by atoms with E-state index in [2.05, 4.69) is 0 Å². The van der Waals surface area contributed by atoms with Crippen molar-refractivity contribution in [2.45, 2.75) is 0 Å². The van der Waals surface area contributed by atoms with Crippen molar-refractivity contribution >= 4 is 29.2 Å². The van der Waals surface area contributed by atoms with Crippen LogP contribution in [-0.4, -0.2) is 11.1 Å². The molecule has 1 N–H and O–H groups in total. The van der Waals surface area contributed by atoms with Gasteiger partial charge < -0.3 is 9.84 Å². The Morgan fingerprint density at radius 1 is 0.880 bits per heavy atom. The predicted molar refractivity (Wildman–Crippen MR) is 99.9 cm³/mol. The van der Waals surface area contributed by atoms with E-state index in [0.29, 0.717) is 22.1 Å². The van der Waals surface area contributed by atoms with Gasteiger partial charge in [0.2, 0.25) is 0 Å². The van der Waals surface area contributed by atoms with Crippen molar-refractivity contribution in [1.82, 2.24) is 0 Å². The molecule has 0 amide bonds. The van der Waals surface area contributed by atoms with Gasteiger partial charge >= 0.3 is 5.97 Å². The maximum atomic E-state index is 11.5. The lowest BCUT2D eigenvalue weighted by atomic mass is 10.0. The summed E-state index contributed by atoms with van der Waals surface area (Å²) in [7, 11) is 0. The highest BCUT2D eigenvalue weighted by atomic mass is 35.5. The Bertz CT molecular complexity index is 900. The molecule has 3 aromatic carbocycles. The average Bonchev–Trinajstić information content (AvgIpc) is 2.63. The van der Waals surface area contributed by atoms with Gasteiger partial charge in [0.1, 0.15) is 11.5 Å². The lowest BCUT2D eigenvalue weighted by Gasteiger charge is -2.08. The first-order chi connectivity index (χ1) is 12.1. The topological polar surface area (TPSA) is 46.5 Å². The Labute approximate surface area is 150 Å². The largest absolute Gasteiger partial charge is 0.478 e. The van der Waals surface area contributed by atoms with Gasteiger partial charge in [-0.05, 0) is 41.5 Å². The van der Waals surface area contributed by atoms with E-state index in [9.17, 15) is 9.90 Å². The van der Waals surface area contributed by atoms with Gasteiger partial charge in [-0.25, -0.2) is 4.79 Å². The van der Waals surface area contributed by atoms with E-state index in [4.69, 9.17) is 16.3 Å². The second-order valence-corrected chi connectivity index (χ2v) is 5.74. The molecule has 25 heavy (non-hydrogen) atoms. The molecule has 3 nitrogen and oxygen atoms in total. The quantitative estimate of drug-likeness (QED) is 0.470. The van der Waals surface area contributed by atoms with Gasteiger partial charge in [0.05, 0.1) is 10.6 Å². The fourth-order valence-electron chi connectivity index (χ4n) is 2.34. The number of aliphatic carboxylic acids is 1. The Balaban J connectivity index is 1.84. The van der Waals surface area contributed by atoms with Crippen LogP contribution >= 0.6 is 11.6 Å². The van der Waals surface area contributed by atoms with E-state index in [-0.39, 0.29) is 5.57 Å². The molecule has 0 aliphatic carbocycles. The number of halogens is 1. The van der Waals surface area contributed by atoms with Crippen molar-refractivity contribution in [2.75, 3.05) is 0 Å². The van der Waals surface area contributed by atoms with E-state index in [1.54, 1.807) is 54.6 Å². The molecule has 4 heteroatoms. The number of hydrogen-bond acceptors (Lipinski definition) is 2. The first kappa shape index (κ1) is 16.8. The maximum absolute atomic E-state index is 11.5. The van der Waals surface area contributed by atoms with Crippen LogP contribution in [0.25, 0.3) is 11.6 Å². The summed E-state index contributed by atoms with van der Waals surface area (Å²) in [5.74, 6) is 0.229. The van der Waals surface area contributed by atoms with Gasteiger partial charge in [0.25, 0.3) is 0 Å². The van der Waals surface area contributed by atoms with Gasteiger partial charge in [0.15, 0.2) is 0 Å². The molecule has 0 saturated carbocycles. The van der Waals surface area contributed by atoms with Crippen molar-refractivity contribution in [3.05, 3.63) is 95.0 Å². The molecular weight excluding hydrogens is 336 g/mol. The van der Waals surface area contributed by atoms with Crippen LogP contribution in [0.2, 0.25) is 5.02 Å². The van der Waals surface area contributed by atoms with Gasteiger partial charge in [-0.2, -0.15) is 0 Å². The molecule has 0 aliphatic heterocycles. The molecule has 0 unspecified atom stereocenters. The minimum Gasteiger partial charge on any atom is -0.478 e. The highest BCUT2D eigenvalue weighted by Gasteiger charge is 2.10. The summed E-state index contributed by atoms with van der Waals surface area (Å²) >= 11 is 6.08. The van der Waals surface area contributed by atoms with Crippen LogP contribution in [-0.2, 0) is 4.79 Å². The number of hydrogen-bond donors (Lipinski definition) is 1. The van der Waals surface area contributed by atoms with Crippen LogP contribution in [0, 0.1) is 0 Å². The van der Waals surface area contributed by atoms with Gasteiger partial charge in [-0.1, -0.05) is 66.2 Å². The van der Waals surface area contributed by atoms with Crippen LogP contribution in [0.15, 0.2) is 78.9 Å². The maximum Gasteiger partial charge on any atom is 0.336 e. The third-order valence-corrected chi connectivity index (χ3v) is 3.88. The SMILES string of the molecule is O=C(O)/C(=C/c1ccc(Oc2ccccc2Cl)cc1)c1ccccc1.